The van der Waals surface area contributed by atoms with Crippen molar-refractivity contribution in [2.45, 2.75) is 37.8 Å². The van der Waals surface area contributed by atoms with E-state index in [1.165, 1.54) is 0 Å². The average Bonchev–Trinajstić information content (AvgIpc) is 3.82. The number of H-pyrrole nitrogens is 2. The van der Waals surface area contributed by atoms with Gasteiger partial charge in [-0.2, -0.15) is 0 Å². The molecular weight excluding hydrogens is 586 g/mol. The zero-order valence-corrected chi connectivity index (χ0v) is 25.3. The Morgan fingerprint density at radius 2 is 1.37 bits per heavy atom. The molecule has 0 bridgehead atoms. The lowest BCUT2D eigenvalue weighted by Crippen LogP contribution is -2.53. The molecule has 1 unspecified atom stereocenters. The lowest BCUT2D eigenvalue weighted by molar-refractivity contribution is -0.155. The molecule has 3 aromatic carbocycles. The molecule has 0 saturated carbocycles. The molecule has 12 heteroatoms. The Hall–Kier alpha value is -5.91. The number of nitrogens with two attached hydrogens (primary N) is 2. The summed E-state index contributed by atoms with van der Waals surface area (Å²) < 4.78 is 10.3. The summed E-state index contributed by atoms with van der Waals surface area (Å²) in [7, 11) is 0. The number of primary amides is 2. The fourth-order valence-corrected chi connectivity index (χ4v) is 6.00. The largest absolute Gasteiger partial charge is 0.428 e. The molecule has 46 heavy (non-hydrogen) atoms. The van der Waals surface area contributed by atoms with Crippen LogP contribution in [0.5, 0.6) is 6.01 Å². The first-order valence-electron chi connectivity index (χ1n) is 14.7. The van der Waals surface area contributed by atoms with E-state index in [9.17, 15) is 14.4 Å². The summed E-state index contributed by atoms with van der Waals surface area (Å²) in [6.07, 6.45) is 2.81. The number of amides is 3. The maximum Gasteiger partial charge on any atom is 0.412 e. The predicted molar refractivity (Wildman–Crippen MR) is 170 cm³/mol. The molecule has 234 valence electrons. The number of nitrogens with zero attached hydrogens (tertiary/aromatic N) is 3. The van der Waals surface area contributed by atoms with Gasteiger partial charge in [-0.3, -0.25) is 4.79 Å². The van der Waals surface area contributed by atoms with Crippen LogP contribution in [0.15, 0.2) is 91.3 Å². The molecule has 1 fully saturated rings. The molecule has 2 atom stereocenters. The van der Waals surface area contributed by atoms with E-state index in [1.54, 1.807) is 48.5 Å². The summed E-state index contributed by atoms with van der Waals surface area (Å²) in [5, 5.41) is 0. The third kappa shape index (κ3) is 5.68. The molecule has 12 nitrogen and oxygen atoms in total. The average molecular weight is 620 g/mol. The normalized spacial score (nSPS) is 17.3. The molecule has 0 aliphatic carbocycles. The highest BCUT2D eigenvalue weighted by Gasteiger charge is 2.51. The second kappa shape index (κ2) is 11.9. The Bertz CT molecular complexity index is 1880. The number of aromatic amines is 2. The number of carbonyl (C=O) groups is 3. The molecule has 6 rings (SSSR count). The van der Waals surface area contributed by atoms with Crippen LogP contribution in [0.25, 0.3) is 33.6 Å². The Balaban J connectivity index is 1.20. The Labute approximate surface area is 264 Å². The van der Waals surface area contributed by atoms with Gasteiger partial charge in [0.25, 0.3) is 5.91 Å². The van der Waals surface area contributed by atoms with Crippen LogP contribution in [0, 0.1) is 0 Å². The molecule has 6 N–H and O–H groups in total. The number of imidazole rings is 2. The number of hydrogen-bond donors (Lipinski definition) is 4. The summed E-state index contributed by atoms with van der Waals surface area (Å²) in [4.78, 5) is 53.8. The molecule has 1 saturated heterocycles. The monoisotopic (exact) mass is 619 g/mol. The zero-order chi connectivity index (χ0) is 32.5. The predicted octanol–water partition coefficient (Wildman–Crippen LogP) is 5.44. The van der Waals surface area contributed by atoms with Crippen molar-refractivity contribution in [2.75, 3.05) is 6.54 Å². The van der Waals surface area contributed by atoms with Crippen molar-refractivity contribution in [3.05, 3.63) is 103 Å². The minimum Gasteiger partial charge on any atom is -0.428 e. The highest BCUT2D eigenvalue weighted by atomic mass is 16.6. The van der Waals surface area contributed by atoms with Crippen LogP contribution in [0.2, 0.25) is 0 Å². The molecule has 3 heterocycles. The molecule has 0 radical (unpaired) electrons. The van der Waals surface area contributed by atoms with Gasteiger partial charge in [0.1, 0.15) is 5.82 Å². The van der Waals surface area contributed by atoms with Gasteiger partial charge in [-0.15, -0.1) is 0 Å². The second-order valence-electron chi connectivity index (χ2n) is 11.5. The van der Waals surface area contributed by atoms with Crippen LogP contribution in [-0.2, 0) is 20.7 Å². The van der Waals surface area contributed by atoms with E-state index >= 15 is 0 Å². The first-order valence-corrected chi connectivity index (χ1v) is 14.7. The van der Waals surface area contributed by atoms with E-state index in [-0.39, 0.29) is 11.9 Å². The standard InChI is InChI=1S/C34H33N7O5/c1-33(17-6-18-41(33)29(42)34(2,46-31(36)44)25-7-4-3-5-8-25)28-37-19-26(39-28)23-13-9-21(10-14-23)22-11-15-24(16-12-22)27-20-38-32(40-27)45-30(35)43/h3-5,7-16,19-20H,6,17-18H2,1-2H3,(H2,35,43)(H2,36,44)(H,37,39)(H,38,40)/t33?,34-/m1/s1. The molecule has 1 aliphatic rings. The van der Waals surface area contributed by atoms with Crippen molar-refractivity contribution in [2.24, 2.45) is 11.5 Å². The summed E-state index contributed by atoms with van der Waals surface area (Å²) >= 11 is 0. The van der Waals surface area contributed by atoms with Crippen molar-refractivity contribution < 1.29 is 23.9 Å². The van der Waals surface area contributed by atoms with Crippen LogP contribution in [0.4, 0.5) is 9.59 Å². The fourth-order valence-electron chi connectivity index (χ4n) is 6.00. The molecule has 5 aromatic rings. The van der Waals surface area contributed by atoms with Gasteiger partial charge in [-0.05, 0) is 48.9 Å². The SMILES string of the molecule is CC1(c2ncc(-c3ccc(-c4ccc(-c5cnc(OC(N)=O)[nH]5)cc4)cc3)[nH]2)CCCN1C(=O)[C@](C)(OC(N)=O)c1ccccc1. The quantitative estimate of drug-likeness (QED) is 0.178. The van der Waals surface area contributed by atoms with Gasteiger partial charge >= 0.3 is 18.2 Å². The highest BCUT2D eigenvalue weighted by molar-refractivity contribution is 5.89. The fraction of sp³-hybridized carbons (Fsp3) is 0.206. The lowest BCUT2D eigenvalue weighted by Gasteiger charge is -2.39. The molecule has 1 aliphatic heterocycles. The van der Waals surface area contributed by atoms with Gasteiger partial charge in [0.15, 0.2) is 0 Å². The lowest BCUT2D eigenvalue weighted by atomic mass is 9.91. The Kier molecular flexibility index (Phi) is 7.78. The minimum absolute atomic E-state index is 0.0353. The highest BCUT2D eigenvalue weighted by Crippen LogP contribution is 2.41. The number of rotatable bonds is 8. The van der Waals surface area contributed by atoms with Gasteiger partial charge in [0.05, 0.1) is 29.3 Å². The first kappa shape index (κ1) is 30.1. The Morgan fingerprint density at radius 3 is 1.96 bits per heavy atom. The van der Waals surface area contributed by atoms with Gasteiger partial charge < -0.3 is 35.8 Å². The zero-order valence-electron chi connectivity index (χ0n) is 25.3. The number of hydrogen-bond acceptors (Lipinski definition) is 7. The van der Waals surface area contributed by atoms with Gasteiger partial charge in [-0.25, -0.2) is 19.6 Å². The van der Waals surface area contributed by atoms with E-state index in [2.05, 4.69) is 15.0 Å². The van der Waals surface area contributed by atoms with Crippen LogP contribution in [-0.4, -0.2) is 49.5 Å². The van der Waals surface area contributed by atoms with E-state index in [1.807, 2.05) is 61.5 Å². The van der Waals surface area contributed by atoms with E-state index < -0.39 is 23.3 Å². The van der Waals surface area contributed by atoms with Gasteiger partial charge in [-0.1, -0.05) is 78.9 Å². The van der Waals surface area contributed by atoms with Gasteiger partial charge in [0.2, 0.25) is 5.60 Å². The van der Waals surface area contributed by atoms with Crippen LogP contribution in [0.3, 0.4) is 0 Å². The molecular formula is C34H33N7O5. The van der Waals surface area contributed by atoms with Crippen LogP contribution >= 0.6 is 0 Å². The Morgan fingerprint density at radius 1 is 0.804 bits per heavy atom. The van der Waals surface area contributed by atoms with Crippen molar-refractivity contribution in [1.29, 1.82) is 0 Å². The van der Waals surface area contributed by atoms with Crippen molar-refractivity contribution >= 4 is 18.1 Å². The van der Waals surface area contributed by atoms with Crippen molar-refractivity contribution in [3.8, 4) is 39.7 Å². The van der Waals surface area contributed by atoms with E-state index in [0.717, 1.165) is 34.4 Å². The van der Waals surface area contributed by atoms with Gasteiger partial charge in [0, 0.05) is 12.1 Å². The summed E-state index contributed by atoms with van der Waals surface area (Å²) in [5.74, 6) is 0.281. The minimum atomic E-state index is -1.59. The molecule has 2 aromatic heterocycles. The van der Waals surface area contributed by atoms with E-state index in [4.69, 9.17) is 25.9 Å². The summed E-state index contributed by atoms with van der Waals surface area (Å²) in [5.41, 5.74) is 14.0. The number of ether oxygens (including phenoxy) is 2. The van der Waals surface area contributed by atoms with E-state index in [0.29, 0.717) is 30.0 Å². The third-order valence-electron chi connectivity index (χ3n) is 8.48. The van der Waals surface area contributed by atoms with Crippen LogP contribution in [0.1, 0.15) is 38.1 Å². The summed E-state index contributed by atoms with van der Waals surface area (Å²) in [6.45, 7) is 4.02. The first-order chi connectivity index (χ1) is 22.1. The maximum atomic E-state index is 14.1. The number of aromatic nitrogens is 4. The maximum absolute atomic E-state index is 14.1. The molecule has 0 spiro atoms. The third-order valence-corrected chi connectivity index (χ3v) is 8.48. The topological polar surface area (TPSA) is 182 Å². The number of benzene rings is 3. The number of carbonyl (C=O) groups excluding carboxylic acids is 3. The van der Waals surface area contributed by atoms with Crippen molar-refractivity contribution in [3.63, 3.8) is 0 Å². The second-order valence-corrected chi connectivity index (χ2v) is 11.5. The summed E-state index contributed by atoms with van der Waals surface area (Å²) in [6, 6.07) is 24.9. The number of likely N-dealkylation sites (tertiary alicyclic amines) is 1. The smallest absolute Gasteiger partial charge is 0.412 e. The van der Waals surface area contributed by atoms with Crippen molar-refractivity contribution in [1.82, 2.24) is 24.8 Å². The van der Waals surface area contributed by atoms with Crippen LogP contribution < -0.4 is 16.2 Å². The molecule has 3 amide bonds. The number of nitrogens with one attached hydrogen (secondary N) is 2.